The molecule has 142 valence electrons. The minimum atomic E-state index is -0.394. The van der Waals surface area contributed by atoms with Crippen LogP contribution in [0.15, 0.2) is 30.8 Å². The molecule has 2 amide bonds. The van der Waals surface area contributed by atoms with E-state index < -0.39 is 5.91 Å². The fraction of sp³-hybridized carbons (Fsp3) is 0.421. The summed E-state index contributed by atoms with van der Waals surface area (Å²) in [7, 11) is 0. The van der Waals surface area contributed by atoms with Crippen LogP contribution in [0.25, 0.3) is 6.08 Å². The Balaban J connectivity index is 2.32. The number of ether oxygens (including phenoxy) is 1. The highest BCUT2D eigenvalue weighted by Gasteiger charge is 2.19. The SMILES string of the molecule is C=Cc1ccc(C(=O)OCCSCC(CC(C)NC(C)=O)C(N)=O)cc1. The van der Waals surface area contributed by atoms with Crippen molar-refractivity contribution in [1.29, 1.82) is 0 Å². The van der Waals surface area contributed by atoms with E-state index in [0.29, 0.717) is 23.5 Å². The number of carbonyl (C=O) groups excluding carboxylic acids is 3. The van der Waals surface area contributed by atoms with E-state index in [1.54, 1.807) is 30.3 Å². The summed E-state index contributed by atoms with van der Waals surface area (Å²) in [5, 5.41) is 2.74. The zero-order chi connectivity index (χ0) is 19.5. The molecule has 0 spiro atoms. The Morgan fingerprint density at radius 3 is 2.50 bits per heavy atom. The fourth-order valence-corrected chi connectivity index (χ4v) is 3.31. The fourth-order valence-electron chi connectivity index (χ4n) is 2.36. The van der Waals surface area contributed by atoms with Gasteiger partial charge < -0.3 is 15.8 Å². The van der Waals surface area contributed by atoms with Gasteiger partial charge >= 0.3 is 5.97 Å². The van der Waals surface area contributed by atoms with Crippen LogP contribution in [0.5, 0.6) is 0 Å². The van der Waals surface area contributed by atoms with Crippen LogP contribution >= 0.6 is 11.8 Å². The van der Waals surface area contributed by atoms with Gasteiger partial charge in [-0.05, 0) is 31.0 Å². The van der Waals surface area contributed by atoms with E-state index in [1.165, 1.54) is 18.7 Å². The second-order valence-corrected chi connectivity index (χ2v) is 7.12. The minimum Gasteiger partial charge on any atom is -0.461 e. The van der Waals surface area contributed by atoms with Gasteiger partial charge in [0.15, 0.2) is 0 Å². The maximum absolute atomic E-state index is 11.9. The van der Waals surface area contributed by atoms with E-state index in [1.807, 2.05) is 6.92 Å². The third kappa shape index (κ3) is 8.20. The van der Waals surface area contributed by atoms with Crippen molar-refractivity contribution in [2.75, 3.05) is 18.1 Å². The number of esters is 1. The molecule has 0 aliphatic carbocycles. The first-order chi connectivity index (χ1) is 12.3. The first kappa shape index (κ1) is 21.8. The van der Waals surface area contributed by atoms with E-state index in [-0.39, 0.29) is 30.4 Å². The first-order valence-electron chi connectivity index (χ1n) is 8.37. The summed E-state index contributed by atoms with van der Waals surface area (Å²) in [5.41, 5.74) is 6.84. The molecule has 2 atom stereocenters. The highest BCUT2D eigenvalue weighted by molar-refractivity contribution is 7.99. The lowest BCUT2D eigenvalue weighted by molar-refractivity contribution is -0.123. The lowest BCUT2D eigenvalue weighted by Gasteiger charge is -2.18. The molecular formula is C19H26N2O4S. The van der Waals surface area contributed by atoms with E-state index in [9.17, 15) is 14.4 Å². The van der Waals surface area contributed by atoms with Gasteiger partial charge in [0.1, 0.15) is 6.61 Å². The molecule has 1 rings (SSSR count). The maximum Gasteiger partial charge on any atom is 0.338 e. The standard InChI is InChI=1S/C19H26N2O4S/c1-4-15-5-7-16(8-6-15)19(24)25-9-10-26-12-17(18(20)23)11-13(2)21-14(3)22/h4-8,13,17H,1,9-12H2,2-3H3,(H2,20,23)(H,21,22). The molecule has 0 fully saturated rings. The number of amides is 2. The molecule has 0 aliphatic heterocycles. The van der Waals surface area contributed by atoms with Crippen molar-refractivity contribution in [1.82, 2.24) is 5.32 Å². The molecule has 0 bridgehead atoms. The summed E-state index contributed by atoms with van der Waals surface area (Å²) in [4.78, 5) is 34.5. The molecule has 0 aromatic heterocycles. The number of nitrogens with two attached hydrogens (primary N) is 1. The molecule has 3 N–H and O–H groups in total. The predicted octanol–water partition coefficient (Wildman–Crippen LogP) is 2.24. The van der Waals surface area contributed by atoms with E-state index in [2.05, 4.69) is 11.9 Å². The van der Waals surface area contributed by atoms with Crippen LogP contribution in [-0.2, 0) is 14.3 Å². The molecule has 1 aromatic carbocycles. The largest absolute Gasteiger partial charge is 0.461 e. The second-order valence-electron chi connectivity index (χ2n) is 5.97. The van der Waals surface area contributed by atoms with Crippen molar-refractivity contribution in [3.63, 3.8) is 0 Å². The Labute approximate surface area is 158 Å². The van der Waals surface area contributed by atoms with E-state index >= 15 is 0 Å². The molecule has 6 nitrogen and oxygen atoms in total. The summed E-state index contributed by atoms with van der Waals surface area (Å²) < 4.78 is 5.22. The molecule has 0 saturated carbocycles. The van der Waals surface area contributed by atoms with Gasteiger partial charge in [-0.2, -0.15) is 11.8 Å². The second kappa shape index (κ2) is 11.4. The van der Waals surface area contributed by atoms with Crippen LogP contribution in [0.4, 0.5) is 0 Å². The summed E-state index contributed by atoms with van der Waals surface area (Å²) in [6, 6.07) is 6.86. The third-order valence-corrected chi connectivity index (χ3v) is 4.75. The van der Waals surface area contributed by atoms with Gasteiger partial charge in [-0.1, -0.05) is 24.8 Å². The maximum atomic E-state index is 11.9. The Morgan fingerprint density at radius 2 is 1.96 bits per heavy atom. The van der Waals surface area contributed by atoms with Gasteiger partial charge in [0.05, 0.1) is 5.56 Å². The van der Waals surface area contributed by atoms with Crippen LogP contribution < -0.4 is 11.1 Å². The van der Waals surface area contributed by atoms with Crippen molar-refractivity contribution in [3.05, 3.63) is 42.0 Å². The number of hydrogen-bond donors (Lipinski definition) is 2. The Morgan fingerprint density at radius 1 is 1.31 bits per heavy atom. The van der Waals surface area contributed by atoms with Crippen LogP contribution in [-0.4, -0.2) is 41.9 Å². The van der Waals surface area contributed by atoms with Crippen LogP contribution in [0.1, 0.15) is 36.2 Å². The van der Waals surface area contributed by atoms with Crippen molar-refractivity contribution in [2.24, 2.45) is 11.7 Å². The quantitative estimate of drug-likeness (QED) is 0.454. The van der Waals surface area contributed by atoms with Gasteiger partial charge in [0.2, 0.25) is 11.8 Å². The summed E-state index contributed by atoms with van der Waals surface area (Å²) in [5.74, 6) is -0.175. The Bertz CT molecular complexity index is 631. The summed E-state index contributed by atoms with van der Waals surface area (Å²) >= 11 is 1.49. The van der Waals surface area contributed by atoms with Crippen molar-refractivity contribution in [3.8, 4) is 0 Å². The van der Waals surface area contributed by atoms with Crippen molar-refractivity contribution in [2.45, 2.75) is 26.3 Å². The van der Waals surface area contributed by atoms with Crippen molar-refractivity contribution >= 4 is 35.6 Å². The Hall–Kier alpha value is -2.28. The number of nitrogens with one attached hydrogen (secondary N) is 1. The van der Waals surface area contributed by atoms with Gasteiger partial charge in [-0.25, -0.2) is 4.79 Å². The molecule has 0 radical (unpaired) electrons. The van der Waals surface area contributed by atoms with E-state index in [0.717, 1.165) is 5.56 Å². The van der Waals surface area contributed by atoms with Crippen LogP contribution in [0.2, 0.25) is 0 Å². The highest BCUT2D eigenvalue weighted by Crippen LogP contribution is 2.15. The van der Waals surface area contributed by atoms with Gasteiger partial charge in [0, 0.05) is 30.4 Å². The van der Waals surface area contributed by atoms with E-state index in [4.69, 9.17) is 10.5 Å². The van der Waals surface area contributed by atoms with Gasteiger partial charge in [-0.3, -0.25) is 9.59 Å². The van der Waals surface area contributed by atoms with Crippen molar-refractivity contribution < 1.29 is 19.1 Å². The molecule has 0 saturated heterocycles. The van der Waals surface area contributed by atoms with Crippen LogP contribution in [0.3, 0.4) is 0 Å². The molecule has 26 heavy (non-hydrogen) atoms. The number of rotatable bonds is 11. The third-order valence-electron chi connectivity index (χ3n) is 3.65. The lowest BCUT2D eigenvalue weighted by Crippen LogP contribution is -2.36. The number of primary amides is 1. The summed E-state index contributed by atoms with van der Waals surface area (Å²) in [6.45, 7) is 7.18. The number of thioether (sulfide) groups is 1. The predicted molar refractivity (Wildman–Crippen MR) is 105 cm³/mol. The highest BCUT2D eigenvalue weighted by atomic mass is 32.2. The summed E-state index contributed by atoms with van der Waals surface area (Å²) in [6.07, 6.45) is 2.19. The molecule has 1 aromatic rings. The zero-order valence-electron chi connectivity index (χ0n) is 15.2. The monoisotopic (exact) mass is 378 g/mol. The average Bonchev–Trinajstić information content (AvgIpc) is 2.59. The number of benzene rings is 1. The first-order valence-corrected chi connectivity index (χ1v) is 9.52. The molecule has 0 aliphatic rings. The van der Waals surface area contributed by atoms with Crippen LogP contribution in [0, 0.1) is 5.92 Å². The smallest absolute Gasteiger partial charge is 0.338 e. The molecule has 2 unspecified atom stereocenters. The van der Waals surface area contributed by atoms with Gasteiger partial charge in [0.25, 0.3) is 0 Å². The molecule has 7 heteroatoms. The number of hydrogen-bond acceptors (Lipinski definition) is 5. The molecular weight excluding hydrogens is 352 g/mol. The Kier molecular flexibility index (Phi) is 9.51. The minimum absolute atomic E-state index is 0.123. The molecule has 0 heterocycles. The van der Waals surface area contributed by atoms with Gasteiger partial charge in [-0.15, -0.1) is 0 Å². The zero-order valence-corrected chi connectivity index (χ0v) is 16.0. The normalized spacial score (nSPS) is 12.7. The number of carbonyl (C=O) groups is 3. The lowest BCUT2D eigenvalue weighted by atomic mass is 10.0. The topological polar surface area (TPSA) is 98.5 Å². The average molecular weight is 378 g/mol.